The summed E-state index contributed by atoms with van der Waals surface area (Å²) in [6.07, 6.45) is 4.82. The molecule has 6 heteroatoms. The smallest absolute Gasteiger partial charge is 0.403 e. The lowest BCUT2D eigenvalue weighted by atomic mass is 9.63. The molecule has 0 radical (unpaired) electrons. The van der Waals surface area contributed by atoms with E-state index >= 15 is 8.78 Å². The van der Waals surface area contributed by atoms with Gasteiger partial charge in [-0.1, -0.05) is 39.0 Å². The molecule has 0 aliphatic heterocycles. The molecule has 1 nitrogen and oxygen atoms in total. The van der Waals surface area contributed by atoms with Crippen LogP contribution in [-0.4, -0.2) is 6.11 Å². The predicted octanol–water partition coefficient (Wildman–Crippen LogP) is 7.24. The fourth-order valence-corrected chi connectivity index (χ4v) is 4.97. The summed E-state index contributed by atoms with van der Waals surface area (Å²) in [5.74, 6) is -4.34. The van der Waals surface area contributed by atoms with Crippen molar-refractivity contribution in [3.8, 4) is 5.75 Å². The molecule has 0 N–H and O–H groups in total. The molecule has 2 fully saturated rings. The number of hydrogen-bond acceptors (Lipinski definition) is 1. The molecule has 1 aromatic rings. The van der Waals surface area contributed by atoms with E-state index in [0.29, 0.717) is 36.8 Å². The summed E-state index contributed by atoms with van der Waals surface area (Å²) in [7, 11) is 0. The lowest BCUT2D eigenvalue weighted by Crippen LogP contribution is -2.48. The Balaban J connectivity index is 1.72. The largest absolute Gasteiger partial charge is 0.432 e. The third-order valence-corrected chi connectivity index (χ3v) is 6.80. The normalized spacial score (nSPS) is 27.6. The predicted molar refractivity (Wildman–Crippen MR) is 93.1 cm³/mol. The van der Waals surface area contributed by atoms with Gasteiger partial charge >= 0.3 is 6.11 Å². The molecule has 0 amide bonds. The lowest BCUT2D eigenvalue weighted by molar-refractivity contribution is -0.272. The molecule has 0 heterocycles. The van der Waals surface area contributed by atoms with E-state index in [4.69, 9.17) is 4.74 Å². The zero-order valence-corrected chi connectivity index (χ0v) is 15.7. The van der Waals surface area contributed by atoms with E-state index in [1.54, 1.807) is 6.92 Å². The van der Waals surface area contributed by atoms with Crippen LogP contribution >= 0.6 is 0 Å². The minimum atomic E-state index is -3.57. The van der Waals surface area contributed by atoms with Crippen molar-refractivity contribution in [1.82, 2.24) is 0 Å². The maximum absolute atomic E-state index is 15.0. The molecule has 2 aliphatic carbocycles. The van der Waals surface area contributed by atoms with Crippen molar-refractivity contribution in [2.24, 2.45) is 17.3 Å². The molecule has 3 rings (SSSR count). The summed E-state index contributed by atoms with van der Waals surface area (Å²) in [5, 5.41) is 0. The van der Waals surface area contributed by atoms with Crippen molar-refractivity contribution in [1.29, 1.82) is 0 Å². The minimum absolute atomic E-state index is 0.212. The molecule has 2 saturated carbocycles. The first-order chi connectivity index (χ1) is 12.8. The van der Waals surface area contributed by atoms with Crippen molar-refractivity contribution in [3.63, 3.8) is 0 Å². The van der Waals surface area contributed by atoms with Crippen LogP contribution in [0.1, 0.15) is 71.1 Å². The van der Waals surface area contributed by atoms with Crippen LogP contribution in [0.5, 0.6) is 5.75 Å². The maximum atomic E-state index is 15.0. The second-order valence-electron chi connectivity index (χ2n) is 8.19. The van der Waals surface area contributed by atoms with E-state index in [0.717, 1.165) is 12.8 Å². The molecule has 0 spiro atoms. The number of hydrogen-bond donors (Lipinski definition) is 0. The SMILES string of the molecule is CCC1(C(F)(F)Oc2cc(F)c(F)c(F)c2)CCC(C2CCCCC2)CC1. The van der Waals surface area contributed by atoms with Crippen molar-refractivity contribution < 1.29 is 26.7 Å². The van der Waals surface area contributed by atoms with Crippen LogP contribution in [0.25, 0.3) is 0 Å². The Morgan fingerprint density at radius 1 is 0.926 bits per heavy atom. The summed E-state index contributed by atoms with van der Waals surface area (Å²) in [4.78, 5) is 0. The van der Waals surface area contributed by atoms with Gasteiger partial charge < -0.3 is 4.74 Å². The Hall–Kier alpha value is -1.33. The van der Waals surface area contributed by atoms with Gasteiger partial charge in [0.1, 0.15) is 5.75 Å². The summed E-state index contributed by atoms with van der Waals surface area (Å²) >= 11 is 0. The zero-order chi connectivity index (χ0) is 19.7. The highest BCUT2D eigenvalue weighted by atomic mass is 19.3. The number of alkyl halides is 2. The maximum Gasteiger partial charge on any atom is 0.403 e. The highest BCUT2D eigenvalue weighted by Gasteiger charge is 2.56. The first-order valence-electron chi connectivity index (χ1n) is 9.99. The molecule has 0 bridgehead atoms. The van der Waals surface area contributed by atoms with Crippen LogP contribution in [-0.2, 0) is 0 Å². The Morgan fingerprint density at radius 2 is 1.44 bits per heavy atom. The van der Waals surface area contributed by atoms with Crippen LogP contribution in [0.4, 0.5) is 22.0 Å². The second kappa shape index (κ2) is 7.96. The number of benzene rings is 1. The Morgan fingerprint density at radius 3 is 1.96 bits per heavy atom. The average Bonchev–Trinajstić information content (AvgIpc) is 2.66. The van der Waals surface area contributed by atoms with Crippen molar-refractivity contribution in [2.75, 3.05) is 0 Å². The van der Waals surface area contributed by atoms with Gasteiger partial charge in [-0.25, -0.2) is 13.2 Å². The van der Waals surface area contributed by atoms with Gasteiger partial charge in [0.15, 0.2) is 17.5 Å². The highest BCUT2D eigenvalue weighted by molar-refractivity contribution is 5.25. The van der Waals surface area contributed by atoms with Gasteiger partial charge in [0.25, 0.3) is 0 Å². The zero-order valence-electron chi connectivity index (χ0n) is 15.7. The third kappa shape index (κ3) is 4.09. The summed E-state index contributed by atoms with van der Waals surface area (Å²) in [5.41, 5.74) is -1.36. The van der Waals surface area contributed by atoms with E-state index in [9.17, 15) is 13.2 Å². The number of rotatable bonds is 5. The molecule has 27 heavy (non-hydrogen) atoms. The third-order valence-electron chi connectivity index (χ3n) is 6.80. The van der Waals surface area contributed by atoms with Gasteiger partial charge in [-0.05, 0) is 43.9 Å². The van der Waals surface area contributed by atoms with Gasteiger partial charge in [-0.3, -0.25) is 0 Å². The first kappa shape index (κ1) is 20.4. The molecule has 0 atom stereocenters. The van der Waals surface area contributed by atoms with Gasteiger partial charge in [-0.15, -0.1) is 0 Å². The quantitative estimate of drug-likeness (QED) is 0.380. The standard InChI is InChI=1S/C21H27F5O/c1-2-20(10-8-15(9-11-20)14-6-4-3-5-7-14)21(25,26)27-16-12-17(22)19(24)18(23)13-16/h12-15H,2-11H2,1H3. The highest BCUT2D eigenvalue weighted by Crippen LogP contribution is 2.54. The van der Waals surface area contributed by atoms with Crippen LogP contribution < -0.4 is 4.74 Å². The van der Waals surface area contributed by atoms with Gasteiger partial charge in [0.05, 0.1) is 5.41 Å². The molecular formula is C21H27F5O. The molecule has 2 aliphatic rings. The number of halogens is 5. The average molecular weight is 390 g/mol. The summed E-state index contributed by atoms with van der Waals surface area (Å²) < 4.78 is 74.6. The minimum Gasteiger partial charge on any atom is -0.432 e. The van der Waals surface area contributed by atoms with Crippen LogP contribution in [0.15, 0.2) is 12.1 Å². The molecule has 0 unspecified atom stereocenters. The van der Waals surface area contributed by atoms with Gasteiger partial charge in [-0.2, -0.15) is 8.78 Å². The second-order valence-corrected chi connectivity index (χ2v) is 8.19. The fourth-order valence-electron chi connectivity index (χ4n) is 4.97. The molecule has 1 aromatic carbocycles. The van der Waals surface area contributed by atoms with E-state index < -0.39 is 34.7 Å². The van der Waals surface area contributed by atoms with Crippen molar-refractivity contribution in [2.45, 2.75) is 77.2 Å². The lowest BCUT2D eigenvalue weighted by Gasteiger charge is -2.45. The summed E-state index contributed by atoms with van der Waals surface area (Å²) in [6.45, 7) is 1.70. The fraction of sp³-hybridized carbons (Fsp3) is 0.714. The van der Waals surface area contributed by atoms with Crippen molar-refractivity contribution >= 4 is 0 Å². The molecule has 0 aromatic heterocycles. The van der Waals surface area contributed by atoms with Gasteiger partial charge in [0, 0.05) is 12.1 Å². The van der Waals surface area contributed by atoms with E-state index in [1.165, 1.54) is 32.1 Å². The Bertz CT molecular complexity index is 623. The van der Waals surface area contributed by atoms with E-state index in [2.05, 4.69) is 0 Å². The van der Waals surface area contributed by atoms with Gasteiger partial charge in [0.2, 0.25) is 0 Å². The summed E-state index contributed by atoms with van der Waals surface area (Å²) in [6, 6.07) is 0.951. The molecular weight excluding hydrogens is 363 g/mol. The monoisotopic (exact) mass is 390 g/mol. The molecule has 152 valence electrons. The van der Waals surface area contributed by atoms with Crippen LogP contribution in [0.2, 0.25) is 0 Å². The first-order valence-corrected chi connectivity index (χ1v) is 9.99. The number of ether oxygens (including phenoxy) is 1. The van der Waals surface area contributed by atoms with Crippen molar-refractivity contribution in [3.05, 3.63) is 29.6 Å². The van der Waals surface area contributed by atoms with Crippen LogP contribution in [0.3, 0.4) is 0 Å². The molecule has 0 saturated heterocycles. The Labute approximate surface area is 157 Å². The van der Waals surface area contributed by atoms with E-state index in [1.807, 2.05) is 0 Å². The Kier molecular flexibility index (Phi) is 6.02. The van der Waals surface area contributed by atoms with Crippen LogP contribution in [0, 0.1) is 34.7 Å². The topological polar surface area (TPSA) is 9.23 Å². The van der Waals surface area contributed by atoms with E-state index in [-0.39, 0.29) is 6.42 Å².